The summed E-state index contributed by atoms with van der Waals surface area (Å²) in [5.74, 6) is -1.27. The first-order chi connectivity index (χ1) is 15.0. The molecule has 0 aliphatic rings. The van der Waals surface area contributed by atoms with Gasteiger partial charge in [-0.2, -0.15) is 0 Å². The second-order valence-electron chi connectivity index (χ2n) is 7.28. The van der Waals surface area contributed by atoms with Crippen LogP contribution in [0.15, 0.2) is 34.1 Å². The number of fused-ring (bicyclic) bond motifs is 1. The van der Waals surface area contributed by atoms with Gasteiger partial charge in [0.1, 0.15) is 6.54 Å². The molecule has 0 fully saturated rings. The predicted molar refractivity (Wildman–Crippen MR) is 119 cm³/mol. The van der Waals surface area contributed by atoms with Crippen LogP contribution in [0.3, 0.4) is 0 Å². The van der Waals surface area contributed by atoms with Gasteiger partial charge in [-0.1, -0.05) is 29.3 Å². The van der Waals surface area contributed by atoms with Crippen molar-refractivity contribution in [3.63, 3.8) is 0 Å². The van der Waals surface area contributed by atoms with E-state index in [4.69, 9.17) is 27.9 Å². The van der Waals surface area contributed by atoms with Crippen LogP contribution >= 0.6 is 23.2 Å². The van der Waals surface area contributed by atoms with Crippen molar-refractivity contribution in [2.24, 2.45) is 14.1 Å². The summed E-state index contributed by atoms with van der Waals surface area (Å²) in [7, 11) is 2.81. The molecule has 1 amide bonds. The number of nitrogens with zero attached hydrogens (tertiary/aromatic N) is 4. The van der Waals surface area contributed by atoms with Gasteiger partial charge in [0.25, 0.3) is 11.5 Å². The maximum absolute atomic E-state index is 12.5. The summed E-state index contributed by atoms with van der Waals surface area (Å²) in [4.78, 5) is 53.4. The second kappa shape index (κ2) is 9.17. The average Bonchev–Trinajstić information content (AvgIpc) is 3.13. The van der Waals surface area contributed by atoms with E-state index in [0.29, 0.717) is 15.6 Å². The number of rotatable bonds is 6. The number of hydrogen-bond acceptors (Lipinski definition) is 6. The van der Waals surface area contributed by atoms with Crippen LogP contribution in [0.2, 0.25) is 10.0 Å². The minimum atomic E-state index is -1.10. The molecular formula is C20H21Cl2N5O5. The fourth-order valence-electron chi connectivity index (χ4n) is 3.21. The van der Waals surface area contributed by atoms with Gasteiger partial charge < -0.3 is 14.6 Å². The summed E-state index contributed by atoms with van der Waals surface area (Å²) in [6.07, 6.45) is 0.167. The molecule has 0 bridgehead atoms. The van der Waals surface area contributed by atoms with E-state index >= 15 is 0 Å². The van der Waals surface area contributed by atoms with Crippen LogP contribution in [-0.2, 0) is 35.0 Å². The summed E-state index contributed by atoms with van der Waals surface area (Å²) in [5, 5.41) is 3.60. The van der Waals surface area contributed by atoms with Crippen molar-refractivity contribution in [3.8, 4) is 0 Å². The molecule has 0 saturated heterocycles. The number of esters is 1. The molecule has 12 heteroatoms. The lowest BCUT2D eigenvalue weighted by Crippen LogP contribution is -2.39. The highest BCUT2D eigenvalue weighted by Gasteiger charge is 2.22. The van der Waals surface area contributed by atoms with Crippen molar-refractivity contribution in [2.45, 2.75) is 32.5 Å². The van der Waals surface area contributed by atoms with Crippen LogP contribution in [0.1, 0.15) is 25.5 Å². The summed E-state index contributed by atoms with van der Waals surface area (Å²) < 4.78 is 8.62. The highest BCUT2D eigenvalue weighted by Crippen LogP contribution is 2.26. The number of aryl methyl sites for hydroxylation is 1. The molecule has 32 heavy (non-hydrogen) atoms. The van der Waals surface area contributed by atoms with E-state index in [1.54, 1.807) is 25.1 Å². The van der Waals surface area contributed by atoms with E-state index in [1.165, 1.54) is 36.5 Å². The maximum Gasteiger partial charge on any atom is 0.332 e. The molecule has 2 atom stereocenters. The monoisotopic (exact) mass is 481 g/mol. The number of imidazole rings is 1. The largest absolute Gasteiger partial charge is 0.451 e. The molecule has 0 saturated carbocycles. The molecule has 3 aromatic rings. The molecule has 1 N–H and O–H groups in total. The lowest BCUT2D eigenvalue weighted by atomic mass is 10.1. The average molecular weight is 482 g/mol. The van der Waals surface area contributed by atoms with E-state index < -0.39 is 35.3 Å². The normalized spacial score (nSPS) is 13.1. The SMILES string of the molecule is C[C@H](OC(=O)Cn1cnc2c1c(=O)n(C)c(=O)n2C)C(=O)N[C@@H](C)c1ccc(Cl)cc1Cl. The molecule has 0 radical (unpaired) electrons. The Morgan fingerprint density at radius 1 is 1.16 bits per heavy atom. The number of nitrogens with one attached hydrogen (secondary N) is 1. The number of halogens is 2. The summed E-state index contributed by atoms with van der Waals surface area (Å²) >= 11 is 12.1. The number of aromatic nitrogens is 4. The number of carbonyl (C=O) groups excluding carboxylic acids is 2. The van der Waals surface area contributed by atoms with Gasteiger partial charge in [0.2, 0.25) is 0 Å². The first-order valence-corrected chi connectivity index (χ1v) is 10.3. The first-order valence-electron chi connectivity index (χ1n) is 9.57. The van der Waals surface area contributed by atoms with Crippen molar-refractivity contribution >= 4 is 46.2 Å². The molecule has 0 aliphatic carbocycles. The Hall–Kier alpha value is -3.11. The Balaban J connectivity index is 1.69. The van der Waals surface area contributed by atoms with Crippen molar-refractivity contribution in [3.05, 3.63) is 61.0 Å². The van der Waals surface area contributed by atoms with Gasteiger partial charge in [-0.15, -0.1) is 0 Å². The molecule has 170 valence electrons. The third-order valence-electron chi connectivity index (χ3n) is 4.98. The Bertz CT molecular complexity index is 1330. The third-order valence-corrected chi connectivity index (χ3v) is 5.54. The van der Waals surface area contributed by atoms with Gasteiger partial charge in [0, 0.05) is 24.1 Å². The van der Waals surface area contributed by atoms with Crippen LogP contribution in [0, 0.1) is 0 Å². The van der Waals surface area contributed by atoms with E-state index in [-0.39, 0.29) is 17.7 Å². The topological polar surface area (TPSA) is 117 Å². The summed E-state index contributed by atoms with van der Waals surface area (Å²) in [6.45, 7) is 2.80. The molecule has 0 spiro atoms. The third kappa shape index (κ3) is 4.56. The van der Waals surface area contributed by atoms with Crippen LogP contribution < -0.4 is 16.6 Å². The second-order valence-corrected chi connectivity index (χ2v) is 8.12. The number of amides is 1. The molecule has 3 rings (SSSR count). The lowest BCUT2D eigenvalue weighted by molar-refractivity contribution is -0.155. The van der Waals surface area contributed by atoms with Gasteiger partial charge in [-0.25, -0.2) is 9.78 Å². The zero-order valence-corrected chi connectivity index (χ0v) is 19.3. The van der Waals surface area contributed by atoms with Crippen LogP contribution in [0.25, 0.3) is 11.2 Å². The highest BCUT2D eigenvalue weighted by atomic mass is 35.5. The predicted octanol–water partition coefficient (Wildman–Crippen LogP) is 1.55. The number of benzene rings is 1. The van der Waals surface area contributed by atoms with Crippen molar-refractivity contribution in [2.75, 3.05) is 0 Å². The number of hydrogen-bond donors (Lipinski definition) is 1. The smallest absolute Gasteiger partial charge is 0.332 e. The molecule has 1 aromatic carbocycles. The minimum Gasteiger partial charge on any atom is -0.451 e. The van der Waals surface area contributed by atoms with Crippen molar-refractivity contribution < 1.29 is 14.3 Å². The van der Waals surface area contributed by atoms with Crippen molar-refractivity contribution in [1.82, 2.24) is 24.0 Å². The number of carbonyl (C=O) groups is 2. The lowest BCUT2D eigenvalue weighted by Gasteiger charge is -2.19. The molecule has 10 nitrogen and oxygen atoms in total. The summed E-state index contributed by atoms with van der Waals surface area (Å²) in [6, 6.07) is 4.48. The Labute approximate surface area is 192 Å². The fourth-order valence-corrected chi connectivity index (χ4v) is 3.78. The van der Waals surface area contributed by atoms with E-state index in [1.807, 2.05) is 0 Å². The molecule has 2 aromatic heterocycles. The first kappa shape index (κ1) is 23.6. The van der Waals surface area contributed by atoms with Crippen molar-refractivity contribution in [1.29, 1.82) is 0 Å². The quantitative estimate of drug-likeness (QED) is 0.533. The zero-order valence-electron chi connectivity index (χ0n) is 17.8. The Morgan fingerprint density at radius 2 is 1.84 bits per heavy atom. The Kier molecular flexibility index (Phi) is 6.75. The van der Waals surface area contributed by atoms with Gasteiger partial charge >= 0.3 is 11.7 Å². The molecule has 0 unspecified atom stereocenters. The molecular weight excluding hydrogens is 461 g/mol. The van der Waals surface area contributed by atoms with Gasteiger partial charge in [-0.05, 0) is 31.5 Å². The zero-order chi connectivity index (χ0) is 23.7. The molecule has 2 heterocycles. The highest BCUT2D eigenvalue weighted by molar-refractivity contribution is 6.35. The standard InChI is InChI=1S/C20H21Cl2N5O5/c1-10(13-6-5-12(21)7-14(13)22)24-18(29)11(2)32-15(28)8-27-9-23-17-16(27)19(30)26(4)20(31)25(17)3/h5-7,9-11H,8H2,1-4H3,(H,24,29)/t10-,11-/m0/s1. The minimum absolute atomic E-state index is 0.0784. The maximum atomic E-state index is 12.5. The molecule has 0 aliphatic heterocycles. The van der Waals surface area contributed by atoms with Crippen LogP contribution in [0.4, 0.5) is 0 Å². The van der Waals surface area contributed by atoms with E-state index in [0.717, 1.165) is 4.57 Å². The fraction of sp³-hybridized carbons (Fsp3) is 0.350. The van der Waals surface area contributed by atoms with E-state index in [2.05, 4.69) is 10.3 Å². The van der Waals surface area contributed by atoms with Crippen LogP contribution in [-0.4, -0.2) is 36.7 Å². The van der Waals surface area contributed by atoms with Gasteiger partial charge in [-0.3, -0.25) is 23.5 Å². The van der Waals surface area contributed by atoms with Gasteiger partial charge in [0.05, 0.1) is 12.4 Å². The van der Waals surface area contributed by atoms with E-state index in [9.17, 15) is 19.2 Å². The van der Waals surface area contributed by atoms with Crippen LogP contribution in [0.5, 0.6) is 0 Å². The summed E-state index contributed by atoms with van der Waals surface area (Å²) in [5.41, 5.74) is -0.238. The Morgan fingerprint density at radius 3 is 2.50 bits per heavy atom. The number of ether oxygens (including phenoxy) is 1. The van der Waals surface area contributed by atoms with Gasteiger partial charge in [0.15, 0.2) is 17.3 Å².